The molecule has 0 bridgehead atoms. The van der Waals surface area contributed by atoms with Crippen LogP contribution in [0.3, 0.4) is 0 Å². The van der Waals surface area contributed by atoms with Crippen molar-refractivity contribution < 1.29 is 14.7 Å². The van der Waals surface area contributed by atoms with Gasteiger partial charge in [-0.05, 0) is 43.2 Å². The molecule has 0 saturated heterocycles. The minimum absolute atomic E-state index is 0.0597. The minimum atomic E-state index is -0.850. The lowest BCUT2D eigenvalue weighted by atomic mass is 10.1. The van der Waals surface area contributed by atoms with Gasteiger partial charge in [0.05, 0.1) is 0 Å². The van der Waals surface area contributed by atoms with Gasteiger partial charge < -0.3 is 15.3 Å². The first-order chi connectivity index (χ1) is 12.1. The first-order valence-electron chi connectivity index (χ1n) is 8.49. The van der Waals surface area contributed by atoms with Gasteiger partial charge in [-0.3, -0.25) is 9.59 Å². The zero-order chi connectivity index (χ0) is 18.1. The molecule has 0 radical (unpaired) electrons. The molecule has 2 N–H and O–H groups in total. The fourth-order valence-electron chi connectivity index (χ4n) is 2.56. The summed E-state index contributed by atoms with van der Waals surface area (Å²) in [6.45, 7) is 4.15. The Hall–Kier alpha value is -2.82. The van der Waals surface area contributed by atoms with Gasteiger partial charge >= 0.3 is 5.97 Å². The van der Waals surface area contributed by atoms with Crippen molar-refractivity contribution in [1.29, 1.82) is 0 Å². The molecule has 5 nitrogen and oxygen atoms in total. The van der Waals surface area contributed by atoms with E-state index in [1.807, 2.05) is 30.3 Å². The predicted octanol–water partition coefficient (Wildman–Crippen LogP) is 3.31. The van der Waals surface area contributed by atoms with E-state index in [2.05, 4.69) is 29.3 Å². The molecule has 0 spiro atoms. The summed E-state index contributed by atoms with van der Waals surface area (Å²) in [6.07, 6.45) is 0.490. The van der Waals surface area contributed by atoms with Crippen molar-refractivity contribution in [2.75, 3.05) is 18.0 Å². The number of nitrogens with one attached hydrogen (secondary N) is 1. The first kappa shape index (κ1) is 18.5. The van der Waals surface area contributed by atoms with Crippen LogP contribution in [0.4, 0.5) is 5.69 Å². The van der Waals surface area contributed by atoms with E-state index in [0.717, 1.165) is 18.8 Å². The second-order valence-electron chi connectivity index (χ2n) is 5.80. The number of hydrogen-bond acceptors (Lipinski definition) is 3. The van der Waals surface area contributed by atoms with E-state index in [9.17, 15) is 9.59 Å². The Kier molecular flexibility index (Phi) is 7.01. The highest BCUT2D eigenvalue weighted by molar-refractivity contribution is 5.94. The number of benzene rings is 2. The number of aliphatic carboxylic acids is 1. The molecule has 0 unspecified atom stereocenters. The fraction of sp³-hybridized carbons (Fsp3) is 0.300. The summed E-state index contributed by atoms with van der Waals surface area (Å²) in [5, 5.41) is 11.3. The predicted molar refractivity (Wildman–Crippen MR) is 98.8 cm³/mol. The molecule has 0 aliphatic rings. The third kappa shape index (κ3) is 5.95. The van der Waals surface area contributed by atoms with Crippen LogP contribution in [0.1, 0.15) is 35.7 Å². The van der Waals surface area contributed by atoms with Gasteiger partial charge in [0.2, 0.25) is 0 Å². The molecule has 0 fully saturated rings. The van der Waals surface area contributed by atoms with Gasteiger partial charge in [-0.1, -0.05) is 30.3 Å². The van der Waals surface area contributed by atoms with Gasteiger partial charge in [0, 0.05) is 37.3 Å². The van der Waals surface area contributed by atoms with Crippen LogP contribution in [0.2, 0.25) is 0 Å². The number of anilines is 1. The Morgan fingerprint density at radius 3 is 2.32 bits per heavy atom. The van der Waals surface area contributed by atoms with Gasteiger partial charge in [0.15, 0.2) is 0 Å². The maximum absolute atomic E-state index is 12.1. The molecular weight excluding hydrogens is 316 g/mol. The lowest BCUT2D eigenvalue weighted by Gasteiger charge is -2.23. The van der Waals surface area contributed by atoms with Crippen molar-refractivity contribution in [2.45, 2.75) is 26.3 Å². The third-order valence-corrected chi connectivity index (χ3v) is 3.95. The van der Waals surface area contributed by atoms with Crippen molar-refractivity contribution >= 4 is 17.6 Å². The molecule has 2 aromatic carbocycles. The molecule has 132 valence electrons. The smallest absolute Gasteiger partial charge is 0.303 e. The average molecular weight is 340 g/mol. The number of amides is 1. The number of nitrogens with zero attached hydrogens (tertiary/aromatic N) is 1. The number of carboxylic acids is 1. The molecule has 5 heteroatoms. The van der Waals surface area contributed by atoms with Crippen LogP contribution in [-0.2, 0) is 11.3 Å². The molecule has 0 saturated carbocycles. The highest BCUT2D eigenvalue weighted by Crippen LogP contribution is 2.18. The SMILES string of the molecule is CCN(Cc1ccccc1)c1ccc(C(=O)NCCCC(=O)O)cc1. The Morgan fingerprint density at radius 2 is 1.72 bits per heavy atom. The lowest BCUT2D eigenvalue weighted by molar-refractivity contribution is -0.137. The van der Waals surface area contributed by atoms with Crippen LogP contribution in [0.25, 0.3) is 0 Å². The molecular formula is C20H24N2O3. The average Bonchev–Trinajstić information content (AvgIpc) is 2.64. The van der Waals surface area contributed by atoms with Crippen LogP contribution in [-0.4, -0.2) is 30.1 Å². The fourth-order valence-corrected chi connectivity index (χ4v) is 2.56. The summed E-state index contributed by atoms with van der Waals surface area (Å²) in [4.78, 5) is 24.8. The summed E-state index contributed by atoms with van der Waals surface area (Å²) in [5.41, 5.74) is 2.88. The molecule has 0 atom stereocenters. The molecule has 25 heavy (non-hydrogen) atoms. The van der Waals surface area contributed by atoms with Gasteiger partial charge in [0.1, 0.15) is 0 Å². The topological polar surface area (TPSA) is 69.6 Å². The summed E-state index contributed by atoms with van der Waals surface area (Å²) >= 11 is 0. The zero-order valence-corrected chi connectivity index (χ0v) is 14.4. The van der Waals surface area contributed by atoms with Crippen molar-refractivity contribution in [3.05, 3.63) is 65.7 Å². The summed E-state index contributed by atoms with van der Waals surface area (Å²) in [5.74, 6) is -1.03. The van der Waals surface area contributed by atoms with E-state index >= 15 is 0 Å². The van der Waals surface area contributed by atoms with Crippen molar-refractivity contribution in [3.8, 4) is 0 Å². The largest absolute Gasteiger partial charge is 0.481 e. The molecule has 0 aliphatic carbocycles. The van der Waals surface area contributed by atoms with Crippen LogP contribution < -0.4 is 10.2 Å². The maximum atomic E-state index is 12.1. The van der Waals surface area contributed by atoms with E-state index in [1.54, 1.807) is 12.1 Å². The van der Waals surface area contributed by atoms with E-state index < -0.39 is 5.97 Å². The zero-order valence-electron chi connectivity index (χ0n) is 14.4. The van der Waals surface area contributed by atoms with Crippen LogP contribution >= 0.6 is 0 Å². The third-order valence-electron chi connectivity index (χ3n) is 3.95. The highest BCUT2D eigenvalue weighted by Gasteiger charge is 2.09. The van der Waals surface area contributed by atoms with Crippen molar-refractivity contribution in [3.63, 3.8) is 0 Å². The normalized spacial score (nSPS) is 10.3. The van der Waals surface area contributed by atoms with Crippen LogP contribution in [0.15, 0.2) is 54.6 Å². The Labute approximate surface area is 148 Å². The lowest BCUT2D eigenvalue weighted by Crippen LogP contribution is -2.25. The van der Waals surface area contributed by atoms with Crippen LogP contribution in [0, 0.1) is 0 Å². The van der Waals surface area contributed by atoms with Crippen molar-refractivity contribution in [2.24, 2.45) is 0 Å². The molecule has 1 amide bonds. The Morgan fingerprint density at radius 1 is 1.04 bits per heavy atom. The standard InChI is InChI=1S/C20H24N2O3/c1-2-22(15-16-7-4-3-5-8-16)18-12-10-17(11-13-18)20(25)21-14-6-9-19(23)24/h3-5,7-8,10-13H,2,6,9,14-15H2,1H3,(H,21,25)(H,23,24). The second kappa shape index (κ2) is 9.47. The summed E-state index contributed by atoms with van der Waals surface area (Å²) in [7, 11) is 0. The summed E-state index contributed by atoms with van der Waals surface area (Å²) < 4.78 is 0. The molecule has 2 aromatic rings. The monoisotopic (exact) mass is 340 g/mol. The number of hydrogen-bond donors (Lipinski definition) is 2. The second-order valence-corrected chi connectivity index (χ2v) is 5.80. The Balaban J connectivity index is 1.93. The number of rotatable bonds is 9. The van der Waals surface area contributed by atoms with Gasteiger partial charge in [0.25, 0.3) is 5.91 Å². The minimum Gasteiger partial charge on any atom is -0.481 e. The maximum Gasteiger partial charge on any atom is 0.303 e. The van der Waals surface area contributed by atoms with E-state index in [1.165, 1.54) is 5.56 Å². The highest BCUT2D eigenvalue weighted by atomic mass is 16.4. The van der Waals surface area contributed by atoms with Crippen molar-refractivity contribution in [1.82, 2.24) is 5.32 Å². The quantitative estimate of drug-likeness (QED) is 0.687. The molecule has 0 aliphatic heterocycles. The number of carboxylic acid groups (broad SMARTS) is 1. The van der Waals surface area contributed by atoms with E-state index in [0.29, 0.717) is 18.5 Å². The summed E-state index contributed by atoms with van der Waals surface area (Å²) in [6, 6.07) is 17.7. The number of carbonyl (C=O) groups excluding carboxylic acids is 1. The van der Waals surface area contributed by atoms with Gasteiger partial charge in [-0.2, -0.15) is 0 Å². The number of carbonyl (C=O) groups is 2. The molecule has 0 aromatic heterocycles. The van der Waals surface area contributed by atoms with E-state index in [4.69, 9.17) is 5.11 Å². The van der Waals surface area contributed by atoms with Gasteiger partial charge in [-0.15, -0.1) is 0 Å². The van der Waals surface area contributed by atoms with Gasteiger partial charge in [-0.25, -0.2) is 0 Å². The molecule has 0 heterocycles. The van der Waals surface area contributed by atoms with Crippen LogP contribution in [0.5, 0.6) is 0 Å². The first-order valence-corrected chi connectivity index (χ1v) is 8.49. The molecule has 2 rings (SSSR count). The van der Waals surface area contributed by atoms with E-state index in [-0.39, 0.29) is 12.3 Å². The Bertz CT molecular complexity index is 684.